The molecule has 2 amide bonds. The summed E-state index contributed by atoms with van der Waals surface area (Å²) in [7, 11) is 1.62. The van der Waals surface area contributed by atoms with Crippen LogP contribution in [0.4, 0.5) is 18.0 Å². The second-order valence-electron chi connectivity index (χ2n) is 8.22. The highest BCUT2D eigenvalue weighted by molar-refractivity contribution is 5.82. The van der Waals surface area contributed by atoms with E-state index in [9.17, 15) is 22.8 Å². The van der Waals surface area contributed by atoms with Gasteiger partial charge in [-0.3, -0.25) is 9.78 Å². The number of nitrogens with zero attached hydrogens (tertiary/aromatic N) is 2. The van der Waals surface area contributed by atoms with Gasteiger partial charge in [-0.15, -0.1) is 0 Å². The van der Waals surface area contributed by atoms with Crippen molar-refractivity contribution >= 4 is 18.0 Å². The number of carboxylic acid groups (broad SMARTS) is 2. The molecule has 0 unspecified atom stereocenters. The number of alkyl halides is 3. The second-order valence-corrected chi connectivity index (χ2v) is 8.22. The number of methoxy groups -OCH3 is 1. The van der Waals surface area contributed by atoms with Gasteiger partial charge in [0.1, 0.15) is 5.75 Å². The molecule has 2 aliphatic carbocycles. The van der Waals surface area contributed by atoms with Crippen LogP contribution in [0.5, 0.6) is 5.75 Å². The van der Waals surface area contributed by atoms with Crippen molar-refractivity contribution in [2.75, 3.05) is 20.2 Å². The maximum Gasteiger partial charge on any atom is 0.490 e. The van der Waals surface area contributed by atoms with Crippen LogP contribution >= 0.6 is 0 Å². The van der Waals surface area contributed by atoms with Gasteiger partial charge in [-0.2, -0.15) is 13.2 Å². The molecule has 2 saturated carbocycles. The van der Waals surface area contributed by atoms with E-state index in [1.165, 1.54) is 0 Å². The summed E-state index contributed by atoms with van der Waals surface area (Å²) < 4.78 is 36.9. The van der Waals surface area contributed by atoms with E-state index in [1.54, 1.807) is 13.3 Å². The van der Waals surface area contributed by atoms with E-state index < -0.39 is 23.5 Å². The number of carboxylic acids is 2. The molecule has 3 aliphatic rings. The van der Waals surface area contributed by atoms with Gasteiger partial charge in [0.25, 0.3) is 0 Å². The van der Waals surface area contributed by atoms with E-state index >= 15 is 0 Å². The van der Waals surface area contributed by atoms with Crippen LogP contribution in [0.2, 0.25) is 0 Å². The Balaban J connectivity index is 0.000000360. The Morgan fingerprint density at radius 3 is 2.22 bits per heavy atom. The number of nitrogens with one attached hydrogen (secondary N) is 1. The fourth-order valence-electron chi connectivity index (χ4n) is 4.34. The van der Waals surface area contributed by atoms with Crippen LogP contribution in [0.25, 0.3) is 0 Å². The number of amides is 2. The zero-order valence-electron chi connectivity index (χ0n) is 17.3. The first kappa shape index (κ1) is 23.6. The molecule has 12 heteroatoms. The van der Waals surface area contributed by atoms with Gasteiger partial charge in [-0.1, -0.05) is 0 Å². The summed E-state index contributed by atoms with van der Waals surface area (Å²) in [6.07, 6.45) is -0.293. The molecule has 3 N–H and O–H groups in total. The molecule has 1 aromatic rings. The number of halogens is 3. The summed E-state index contributed by atoms with van der Waals surface area (Å²) in [4.78, 5) is 38.7. The number of rotatable bonds is 4. The van der Waals surface area contributed by atoms with Crippen LogP contribution in [-0.2, 0) is 9.59 Å². The Morgan fingerprint density at radius 1 is 1.19 bits per heavy atom. The van der Waals surface area contributed by atoms with Crippen LogP contribution in [0.3, 0.4) is 0 Å². The summed E-state index contributed by atoms with van der Waals surface area (Å²) in [6.45, 7) is 1.40. The number of likely N-dealkylation sites (tertiary alicyclic amines) is 1. The normalized spacial score (nSPS) is 26.6. The molecule has 9 nitrogen and oxygen atoms in total. The molecule has 0 aromatic carbocycles. The zero-order chi connectivity index (χ0) is 23.7. The average Bonchev–Trinajstić information content (AvgIpc) is 3.38. The van der Waals surface area contributed by atoms with Gasteiger partial charge in [0.05, 0.1) is 18.7 Å². The number of hydrogen-bond acceptors (Lipinski definition) is 5. The lowest BCUT2D eigenvalue weighted by Crippen LogP contribution is -2.53. The number of ether oxygens (including phenoxy) is 1. The van der Waals surface area contributed by atoms with Gasteiger partial charge in [-0.25, -0.2) is 9.59 Å². The lowest BCUT2D eigenvalue weighted by Gasteiger charge is -2.36. The lowest BCUT2D eigenvalue weighted by molar-refractivity contribution is -0.192. The van der Waals surface area contributed by atoms with Gasteiger partial charge in [0, 0.05) is 30.7 Å². The third kappa shape index (κ3) is 4.89. The molecular formula is C20H24F3N3O6. The molecule has 176 valence electrons. The van der Waals surface area contributed by atoms with E-state index in [4.69, 9.17) is 19.7 Å². The van der Waals surface area contributed by atoms with Crippen molar-refractivity contribution in [2.24, 2.45) is 11.3 Å². The molecule has 4 rings (SSSR count). The maximum atomic E-state index is 12.4. The highest BCUT2D eigenvalue weighted by Gasteiger charge is 2.72. The average molecular weight is 459 g/mol. The Bertz CT molecular complexity index is 870. The minimum atomic E-state index is -5.08. The fourth-order valence-corrected chi connectivity index (χ4v) is 4.34. The third-order valence-corrected chi connectivity index (χ3v) is 6.38. The number of hydrogen-bond donors (Lipinski definition) is 3. The highest BCUT2D eigenvalue weighted by atomic mass is 19.4. The Kier molecular flexibility index (Phi) is 6.51. The monoisotopic (exact) mass is 459 g/mol. The molecule has 32 heavy (non-hydrogen) atoms. The number of piperidine rings is 1. The highest BCUT2D eigenvalue weighted by Crippen LogP contribution is 2.67. The number of urea groups is 1. The van der Waals surface area contributed by atoms with Crippen LogP contribution in [0, 0.1) is 11.3 Å². The topological polar surface area (TPSA) is 129 Å². The molecule has 1 aromatic heterocycles. The van der Waals surface area contributed by atoms with Crippen molar-refractivity contribution in [2.45, 2.75) is 43.8 Å². The minimum Gasteiger partial charge on any atom is -0.495 e. The zero-order valence-corrected chi connectivity index (χ0v) is 17.3. The van der Waals surface area contributed by atoms with Gasteiger partial charge in [-0.05, 0) is 43.7 Å². The SMILES string of the molecule is COc1ccc(C2CCN(C(=O)N[C@@H]3C[C@]4(C(=O)O)C[C@H]34)CC2)nc1.O=C(O)C(F)(F)F. The Morgan fingerprint density at radius 2 is 1.81 bits per heavy atom. The molecule has 3 fully saturated rings. The molecular weight excluding hydrogens is 435 g/mol. The molecule has 1 saturated heterocycles. The van der Waals surface area contributed by atoms with Crippen molar-refractivity contribution in [1.29, 1.82) is 0 Å². The summed E-state index contributed by atoms with van der Waals surface area (Å²) >= 11 is 0. The van der Waals surface area contributed by atoms with E-state index in [2.05, 4.69) is 10.3 Å². The summed E-state index contributed by atoms with van der Waals surface area (Å²) in [5.41, 5.74) is 0.523. The van der Waals surface area contributed by atoms with Crippen LogP contribution in [0.1, 0.15) is 37.3 Å². The first-order chi connectivity index (χ1) is 15.0. The number of pyridine rings is 1. The van der Waals surface area contributed by atoms with Gasteiger partial charge < -0.3 is 25.2 Å². The molecule has 2 heterocycles. The molecule has 3 atom stereocenters. The predicted molar refractivity (Wildman–Crippen MR) is 103 cm³/mol. The van der Waals surface area contributed by atoms with Gasteiger partial charge in [0.15, 0.2) is 0 Å². The Hall–Kier alpha value is -3.05. The molecule has 0 bridgehead atoms. The van der Waals surface area contributed by atoms with Crippen molar-refractivity contribution in [3.8, 4) is 5.75 Å². The third-order valence-electron chi connectivity index (χ3n) is 6.38. The number of carbonyl (C=O) groups is 3. The van der Waals surface area contributed by atoms with Crippen molar-refractivity contribution in [1.82, 2.24) is 15.2 Å². The summed E-state index contributed by atoms with van der Waals surface area (Å²) in [5.74, 6) is -2.22. The summed E-state index contributed by atoms with van der Waals surface area (Å²) in [5, 5.41) is 19.3. The Labute approximate surface area is 181 Å². The second kappa shape index (κ2) is 8.83. The van der Waals surface area contributed by atoms with E-state index in [0.29, 0.717) is 31.8 Å². The smallest absolute Gasteiger partial charge is 0.490 e. The lowest BCUT2D eigenvalue weighted by atomic mass is 9.80. The first-order valence-corrected chi connectivity index (χ1v) is 10.1. The molecule has 0 spiro atoms. The predicted octanol–water partition coefficient (Wildman–Crippen LogP) is 2.48. The summed E-state index contributed by atoms with van der Waals surface area (Å²) in [6, 6.07) is 3.88. The van der Waals surface area contributed by atoms with E-state index in [1.807, 2.05) is 17.0 Å². The molecule has 1 aliphatic heterocycles. The minimum absolute atomic E-state index is 0.0320. The van der Waals surface area contributed by atoms with Crippen LogP contribution in [0.15, 0.2) is 18.3 Å². The van der Waals surface area contributed by atoms with Crippen LogP contribution in [-0.4, -0.2) is 70.5 Å². The molecule has 0 radical (unpaired) electrons. The largest absolute Gasteiger partial charge is 0.495 e. The fraction of sp³-hybridized carbons (Fsp3) is 0.600. The van der Waals surface area contributed by atoms with Crippen LogP contribution < -0.4 is 10.1 Å². The van der Waals surface area contributed by atoms with E-state index in [0.717, 1.165) is 24.3 Å². The standard InChI is InChI=1S/C18H23N3O4.C2HF3O2/c1-25-12-2-3-14(19-10-12)11-4-6-21(7-5-11)17(24)20-15-9-18(16(22)23)8-13(15)18;3-2(4,5)1(6)7/h2-3,10-11,13,15H,4-9H2,1H3,(H,20,24)(H,22,23);(H,6,7)/t13-,15-,18-;/m1./s1. The van der Waals surface area contributed by atoms with E-state index in [-0.39, 0.29) is 18.0 Å². The number of aliphatic carboxylic acids is 2. The van der Waals surface area contributed by atoms with Gasteiger partial charge >= 0.3 is 24.1 Å². The first-order valence-electron chi connectivity index (χ1n) is 10.1. The van der Waals surface area contributed by atoms with Gasteiger partial charge in [0.2, 0.25) is 0 Å². The number of aromatic nitrogens is 1. The quantitative estimate of drug-likeness (QED) is 0.631. The number of fused-ring (bicyclic) bond motifs is 1. The van der Waals surface area contributed by atoms with Crippen molar-refractivity contribution < 1.29 is 42.5 Å². The van der Waals surface area contributed by atoms with Crippen molar-refractivity contribution in [3.05, 3.63) is 24.0 Å². The number of carbonyl (C=O) groups excluding carboxylic acids is 1. The van der Waals surface area contributed by atoms with Crippen molar-refractivity contribution in [3.63, 3.8) is 0 Å². The maximum absolute atomic E-state index is 12.4.